The lowest BCUT2D eigenvalue weighted by atomic mass is 10.2. The number of pyridine rings is 1. The fraction of sp³-hybridized carbons (Fsp3) is 0.333. The molecule has 0 atom stereocenters. The van der Waals surface area contributed by atoms with Crippen LogP contribution in [0.3, 0.4) is 0 Å². The summed E-state index contributed by atoms with van der Waals surface area (Å²) in [6.07, 6.45) is 7.41. The van der Waals surface area contributed by atoms with Crippen molar-refractivity contribution < 1.29 is 0 Å². The molecule has 0 unspecified atom stereocenters. The number of allylic oxidation sites excluding steroid dienone is 2. The van der Waals surface area contributed by atoms with Gasteiger partial charge in [-0.1, -0.05) is 6.08 Å². The molecule has 0 bridgehead atoms. The van der Waals surface area contributed by atoms with Crippen LogP contribution in [-0.4, -0.2) is 42.8 Å². The molecule has 5 heteroatoms. The zero-order valence-corrected chi connectivity index (χ0v) is 11.9. The molecule has 106 valence electrons. The van der Waals surface area contributed by atoms with Gasteiger partial charge in [-0.15, -0.1) is 0 Å². The van der Waals surface area contributed by atoms with Gasteiger partial charge < -0.3 is 15.5 Å². The number of aromatic nitrogens is 1. The Labute approximate surface area is 120 Å². The molecule has 0 spiro atoms. The van der Waals surface area contributed by atoms with Gasteiger partial charge in [0.1, 0.15) is 0 Å². The molecule has 1 fully saturated rings. The summed E-state index contributed by atoms with van der Waals surface area (Å²) in [5.74, 6) is 0.775. The maximum absolute atomic E-state index is 6.01. The van der Waals surface area contributed by atoms with E-state index in [1.165, 1.54) is 5.69 Å². The highest BCUT2D eigenvalue weighted by Crippen LogP contribution is 2.18. The van der Waals surface area contributed by atoms with Gasteiger partial charge in [-0.25, -0.2) is 4.99 Å². The summed E-state index contributed by atoms with van der Waals surface area (Å²) >= 11 is 0. The molecule has 2 heterocycles. The molecule has 5 nitrogen and oxygen atoms in total. The van der Waals surface area contributed by atoms with Gasteiger partial charge in [0.25, 0.3) is 0 Å². The molecule has 1 aliphatic heterocycles. The number of aliphatic imine (C=N–C) groups is 1. The third-order valence-corrected chi connectivity index (χ3v) is 3.36. The van der Waals surface area contributed by atoms with Gasteiger partial charge in [-0.3, -0.25) is 4.98 Å². The van der Waals surface area contributed by atoms with Gasteiger partial charge in [0, 0.05) is 44.3 Å². The number of rotatable bonds is 4. The number of piperazine rings is 1. The fourth-order valence-corrected chi connectivity index (χ4v) is 2.36. The molecular formula is C15H21N5. The molecule has 1 aromatic rings. The van der Waals surface area contributed by atoms with Crippen LogP contribution >= 0.6 is 0 Å². The third kappa shape index (κ3) is 3.17. The topological polar surface area (TPSA) is 57.8 Å². The molecule has 2 rings (SSSR count). The molecule has 20 heavy (non-hydrogen) atoms. The first-order valence-electron chi connectivity index (χ1n) is 6.75. The van der Waals surface area contributed by atoms with Crippen LogP contribution in [0, 0.1) is 0 Å². The average molecular weight is 271 g/mol. The highest BCUT2D eigenvalue weighted by atomic mass is 15.3. The van der Waals surface area contributed by atoms with E-state index in [1.807, 2.05) is 43.6 Å². The maximum atomic E-state index is 6.01. The van der Waals surface area contributed by atoms with E-state index >= 15 is 0 Å². The van der Waals surface area contributed by atoms with Gasteiger partial charge in [0.15, 0.2) is 5.82 Å². The molecule has 1 saturated heterocycles. The van der Waals surface area contributed by atoms with Crippen LogP contribution in [0.1, 0.15) is 6.92 Å². The SMILES string of the molecule is C=N/C(=C(N)\C=C/C)N1CCN(c2ccncc2)CC1. The Morgan fingerprint density at radius 3 is 2.50 bits per heavy atom. The zero-order chi connectivity index (χ0) is 14.4. The number of nitrogens with two attached hydrogens (primary N) is 1. The molecule has 2 N–H and O–H groups in total. The van der Waals surface area contributed by atoms with E-state index in [4.69, 9.17) is 5.73 Å². The van der Waals surface area contributed by atoms with Crippen molar-refractivity contribution in [2.75, 3.05) is 31.1 Å². The van der Waals surface area contributed by atoms with Crippen molar-refractivity contribution in [3.8, 4) is 0 Å². The predicted octanol–water partition coefficient (Wildman–Crippen LogP) is 1.61. The summed E-state index contributed by atoms with van der Waals surface area (Å²) in [7, 11) is 0. The second-order valence-electron chi connectivity index (χ2n) is 4.62. The number of hydrogen-bond acceptors (Lipinski definition) is 5. The van der Waals surface area contributed by atoms with E-state index in [0.717, 1.165) is 32.0 Å². The van der Waals surface area contributed by atoms with Crippen LogP contribution in [0.25, 0.3) is 0 Å². The van der Waals surface area contributed by atoms with Gasteiger partial charge in [-0.05, 0) is 31.9 Å². The largest absolute Gasteiger partial charge is 0.396 e. The van der Waals surface area contributed by atoms with Gasteiger partial charge >= 0.3 is 0 Å². The summed E-state index contributed by atoms with van der Waals surface area (Å²) in [6.45, 7) is 9.21. The van der Waals surface area contributed by atoms with Crippen LogP contribution in [0.4, 0.5) is 5.69 Å². The Morgan fingerprint density at radius 2 is 1.95 bits per heavy atom. The second kappa shape index (κ2) is 6.75. The van der Waals surface area contributed by atoms with E-state index in [9.17, 15) is 0 Å². The Bertz CT molecular complexity index is 498. The maximum Gasteiger partial charge on any atom is 0.151 e. The lowest BCUT2D eigenvalue weighted by molar-refractivity contribution is 0.316. The molecule has 0 amide bonds. The van der Waals surface area contributed by atoms with Crippen molar-refractivity contribution >= 4 is 12.4 Å². The third-order valence-electron chi connectivity index (χ3n) is 3.36. The standard InChI is InChI=1S/C15H21N5/c1-3-4-14(16)15(17-2)20-11-9-19(10-12-20)13-5-7-18-8-6-13/h3-8H,2,9-12,16H2,1H3/b4-3-,15-14-. The molecular weight excluding hydrogens is 250 g/mol. The minimum atomic E-state index is 0.667. The van der Waals surface area contributed by atoms with Gasteiger partial charge in [0.05, 0.1) is 5.70 Å². The molecule has 0 radical (unpaired) electrons. The molecule has 0 aliphatic carbocycles. The van der Waals surface area contributed by atoms with E-state index < -0.39 is 0 Å². The number of anilines is 1. The van der Waals surface area contributed by atoms with Crippen LogP contribution in [0.2, 0.25) is 0 Å². The van der Waals surface area contributed by atoms with Crippen LogP contribution in [0.15, 0.2) is 53.2 Å². The quantitative estimate of drug-likeness (QED) is 0.667. The Balaban J connectivity index is 2.04. The Hall–Kier alpha value is -2.30. The molecule has 1 aromatic heterocycles. The van der Waals surface area contributed by atoms with Gasteiger partial charge in [-0.2, -0.15) is 0 Å². The summed E-state index contributed by atoms with van der Waals surface area (Å²) in [5, 5.41) is 0. The minimum absolute atomic E-state index is 0.667. The summed E-state index contributed by atoms with van der Waals surface area (Å²) in [5.41, 5.74) is 7.88. The van der Waals surface area contributed by atoms with Crippen molar-refractivity contribution in [2.24, 2.45) is 10.7 Å². The summed E-state index contributed by atoms with van der Waals surface area (Å²) in [6, 6.07) is 4.07. The monoisotopic (exact) mass is 271 g/mol. The molecule has 1 aliphatic rings. The first kappa shape index (κ1) is 14.1. The smallest absolute Gasteiger partial charge is 0.151 e. The van der Waals surface area contributed by atoms with E-state index in [-0.39, 0.29) is 0 Å². The fourth-order valence-electron chi connectivity index (χ4n) is 2.36. The van der Waals surface area contributed by atoms with Crippen LogP contribution < -0.4 is 10.6 Å². The van der Waals surface area contributed by atoms with E-state index in [2.05, 4.69) is 26.5 Å². The Morgan fingerprint density at radius 1 is 1.30 bits per heavy atom. The van der Waals surface area contributed by atoms with Crippen molar-refractivity contribution in [1.82, 2.24) is 9.88 Å². The van der Waals surface area contributed by atoms with E-state index in [0.29, 0.717) is 5.70 Å². The minimum Gasteiger partial charge on any atom is -0.396 e. The highest BCUT2D eigenvalue weighted by Gasteiger charge is 2.19. The molecule has 0 saturated carbocycles. The van der Waals surface area contributed by atoms with Crippen LogP contribution in [-0.2, 0) is 0 Å². The predicted molar refractivity (Wildman–Crippen MR) is 83.6 cm³/mol. The second-order valence-corrected chi connectivity index (χ2v) is 4.62. The highest BCUT2D eigenvalue weighted by molar-refractivity contribution is 5.45. The van der Waals surface area contributed by atoms with Crippen molar-refractivity contribution in [3.63, 3.8) is 0 Å². The number of nitrogens with zero attached hydrogens (tertiary/aromatic N) is 4. The van der Waals surface area contributed by atoms with Crippen LogP contribution in [0.5, 0.6) is 0 Å². The first-order valence-corrected chi connectivity index (χ1v) is 6.75. The Kier molecular flexibility index (Phi) is 4.76. The zero-order valence-electron chi connectivity index (χ0n) is 11.9. The van der Waals surface area contributed by atoms with Crippen molar-refractivity contribution in [3.05, 3.63) is 48.2 Å². The van der Waals surface area contributed by atoms with Crippen molar-refractivity contribution in [1.29, 1.82) is 0 Å². The molecule has 0 aromatic carbocycles. The number of hydrogen-bond donors (Lipinski definition) is 1. The normalized spacial score (nSPS) is 17.2. The van der Waals surface area contributed by atoms with Gasteiger partial charge in [0.2, 0.25) is 0 Å². The average Bonchev–Trinajstić information content (AvgIpc) is 2.50. The lowest BCUT2D eigenvalue weighted by Gasteiger charge is -2.37. The summed E-state index contributed by atoms with van der Waals surface area (Å²) < 4.78 is 0. The van der Waals surface area contributed by atoms with E-state index in [1.54, 1.807) is 0 Å². The lowest BCUT2D eigenvalue weighted by Crippen LogP contribution is -2.46. The van der Waals surface area contributed by atoms with Crippen molar-refractivity contribution in [2.45, 2.75) is 6.92 Å². The first-order chi connectivity index (χ1) is 9.76. The summed E-state index contributed by atoms with van der Waals surface area (Å²) in [4.78, 5) is 12.6.